The normalized spacial score (nSPS) is 11.7. The van der Waals surface area contributed by atoms with Gasteiger partial charge in [0.1, 0.15) is 10.9 Å². The van der Waals surface area contributed by atoms with Crippen molar-refractivity contribution in [1.29, 1.82) is 0 Å². The molecule has 0 aliphatic rings. The summed E-state index contributed by atoms with van der Waals surface area (Å²) >= 11 is 1.39. The van der Waals surface area contributed by atoms with Crippen molar-refractivity contribution in [3.8, 4) is 0 Å². The van der Waals surface area contributed by atoms with Gasteiger partial charge in [-0.15, -0.1) is 11.8 Å². The second-order valence-corrected chi connectivity index (χ2v) is 11.2. The largest absolute Gasteiger partial charge is 0.325 e. The zero-order valence-corrected chi connectivity index (χ0v) is 24.9. The van der Waals surface area contributed by atoms with E-state index in [2.05, 4.69) is 16.0 Å². The van der Waals surface area contributed by atoms with Crippen molar-refractivity contribution in [2.24, 2.45) is 0 Å². The third-order valence-electron chi connectivity index (χ3n) is 6.61. The number of hydrogen-bond donors (Lipinski definition) is 3. The summed E-state index contributed by atoms with van der Waals surface area (Å²) in [7, 11) is 0. The maximum Gasteiger partial charge on any atom is 0.272 e. The highest BCUT2D eigenvalue weighted by Crippen LogP contribution is 2.37. The average Bonchev–Trinajstić information content (AvgIpc) is 3.05. The molecule has 44 heavy (non-hydrogen) atoms. The van der Waals surface area contributed by atoms with Crippen LogP contribution in [0.4, 0.5) is 11.4 Å². The lowest BCUT2D eigenvalue weighted by Crippen LogP contribution is -2.30. The Morgan fingerprint density at radius 3 is 1.95 bits per heavy atom. The van der Waals surface area contributed by atoms with Gasteiger partial charge in [0.25, 0.3) is 11.8 Å². The van der Waals surface area contributed by atoms with E-state index in [0.29, 0.717) is 11.3 Å². The number of amides is 3. The van der Waals surface area contributed by atoms with E-state index in [-0.39, 0.29) is 11.6 Å². The van der Waals surface area contributed by atoms with E-state index >= 15 is 0 Å². The molecule has 0 saturated heterocycles. The van der Waals surface area contributed by atoms with Crippen LogP contribution in [0, 0.1) is 6.92 Å². The molecular weight excluding hydrogens is 566 g/mol. The van der Waals surface area contributed by atoms with Crippen LogP contribution >= 0.6 is 11.8 Å². The van der Waals surface area contributed by atoms with Crippen molar-refractivity contribution in [1.82, 2.24) is 5.32 Å². The predicted molar refractivity (Wildman–Crippen MR) is 178 cm³/mol. The lowest BCUT2D eigenvalue weighted by molar-refractivity contribution is -0.116. The summed E-state index contributed by atoms with van der Waals surface area (Å²) in [6.07, 6.45) is 1.63. The monoisotopic (exact) mass is 597 g/mol. The molecule has 5 rings (SSSR count). The van der Waals surface area contributed by atoms with Crippen LogP contribution in [0.15, 0.2) is 150 Å². The number of carbonyl (C=O) groups is 3. The summed E-state index contributed by atoms with van der Waals surface area (Å²) in [6, 6.07) is 42.6. The summed E-state index contributed by atoms with van der Waals surface area (Å²) in [5.41, 5.74) is 4.47. The quantitative estimate of drug-likeness (QED) is 0.113. The van der Waals surface area contributed by atoms with E-state index in [9.17, 15) is 14.4 Å². The Balaban J connectivity index is 1.36. The molecule has 5 aromatic rings. The standard InChI is InChI=1S/C37H31N3O3S/c1-26-13-11-20-30(23-26)39-37(43)34(28-16-7-3-8-17-28)44-32-22-12-21-31(25-32)38-36(42)33(24-27-14-5-2-6-15-27)40-35(41)29-18-9-4-10-19-29/h2-25,34H,1H3,(H,38,42)(H,39,43)(H,40,41)/b33-24-. The molecule has 0 aliphatic carbocycles. The van der Waals surface area contributed by atoms with Crippen LogP contribution in [-0.4, -0.2) is 17.7 Å². The molecule has 3 N–H and O–H groups in total. The maximum atomic E-state index is 13.5. The number of carbonyl (C=O) groups excluding carboxylic acids is 3. The molecule has 1 unspecified atom stereocenters. The first-order chi connectivity index (χ1) is 21.4. The van der Waals surface area contributed by atoms with Crippen LogP contribution in [0.1, 0.15) is 32.3 Å². The third-order valence-corrected chi connectivity index (χ3v) is 7.86. The number of nitrogens with one attached hydrogen (secondary N) is 3. The minimum atomic E-state index is -0.540. The molecular formula is C37H31N3O3S. The Morgan fingerprint density at radius 2 is 1.27 bits per heavy atom. The molecule has 0 spiro atoms. The van der Waals surface area contributed by atoms with Crippen molar-refractivity contribution >= 4 is 46.9 Å². The lowest BCUT2D eigenvalue weighted by atomic mass is 10.1. The smallest absolute Gasteiger partial charge is 0.272 e. The van der Waals surface area contributed by atoms with Crippen LogP contribution in [0.3, 0.4) is 0 Å². The fourth-order valence-electron chi connectivity index (χ4n) is 4.47. The average molecular weight is 598 g/mol. The molecule has 0 radical (unpaired) electrons. The van der Waals surface area contributed by atoms with Crippen molar-refractivity contribution in [2.45, 2.75) is 17.1 Å². The number of benzene rings is 5. The van der Waals surface area contributed by atoms with Gasteiger partial charge in [-0.1, -0.05) is 97.1 Å². The van der Waals surface area contributed by atoms with Gasteiger partial charge in [-0.05, 0) is 72.2 Å². The third kappa shape index (κ3) is 8.33. The summed E-state index contributed by atoms with van der Waals surface area (Å²) in [4.78, 5) is 40.8. The van der Waals surface area contributed by atoms with Crippen LogP contribution in [0.2, 0.25) is 0 Å². The first kappa shape index (κ1) is 30.1. The summed E-state index contributed by atoms with van der Waals surface area (Å²) < 4.78 is 0. The summed E-state index contributed by atoms with van der Waals surface area (Å²) in [6.45, 7) is 1.98. The molecule has 0 aromatic heterocycles. The number of thioether (sulfide) groups is 1. The molecule has 0 bridgehead atoms. The Kier molecular flexibility index (Phi) is 10.0. The van der Waals surface area contributed by atoms with Crippen LogP contribution in [-0.2, 0) is 9.59 Å². The van der Waals surface area contributed by atoms with Gasteiger partial charge >= 0.3 is 0 Å². The molecule has 3 amide bonds. The highest BCUT2D eigenvalue weighted by Gasteiger charge is 2.23. The molecule has 0 heterocycles. The zero-order chi connectivity index (χ0) is 30.7. The zero-order valence-electron chi connectivity index (χ0n) is 24.1. The number of aryl methyl sites for hydroxylation is 1. The van der Waals surface area contributed by atoms with E-state index in [4.69, 9.17) is 0 Å². The van der Waals surface area contributed by atoms with Gasteiger partial charge in [-0.2, -0.15) is 0 Å². The highest BCUT2D eigenvalue weighted by atomic mass is 32.2. The Bertz CT molecular complexity index is 1770. The second kappa shape index (κ2) is 14.7. The second-order valence-electron chi connectivity index (χ2n) is 10.0. The topological polar surface area (TPSA) is 87.3 Å². The Labute approximate surface area is 261 Å². The molecule has 1 atom stereocenters. The summed E-state index contributed by atoms with van der Waals surface area (Å²) in [5, 5.41) is 8.18. The maximum absolute atomic E-state index is 13.5. The molecule has 0 saturated carbocycles. The lowest BCUT2D eigenvalue weighted by Gasteiger charge is -2.18. The number of anilines is 2. The van der Waals surface area contributed by atoms with Gasteiger partial charge in [-0.25, -0.2) is 0 Å². The van der Waals surface area contributed by atoms with Gasteiger partial charge in [0.15, 0.2) is 0 Å². The SMILES string of the molecule is Cc1cccc(NC(=O)C(Sc2cccc(NC(=O)/C(=C/c3ccccc3)NC(=O)c3ccccc3)c2)c2ccccc2)c1. The number of rotatable bonds is 10. The molecule has 6 nitrogen and oxygen atoms in total. The molecule has 7 heteroatoms. The Morgan fingerprint density at radius 1 is 0.659 bits per heavy atom. The van der Waals surface area contributed by atoms with Crippen LogP contribution in [0.25, 0.3) is 6.08 Å². The first-order valence-electron chi connectivity index (χ1n) is 14.1. The molecule has 0 fully saturated rings. The van der Waals surface area contributed by atoms with Crippen molar-refractivity contribution < 1.29 is 14.4 Å². The summed E-state index contributed by atoms with van der Waals surface area (Å²) in [5.74, 6) is -1.02. The van der Waals surface area contributed by atoms with Gasteiger partial charge < -0.3 is 16.0 Å². The van der Waals surface area contributed by atoms with Crippen LogP contribution in [0.5, 0.6) is 0 Å². The predicted octanol–water partition coefficient (Wildman–Crippen LogP) is 7.88. The van der Waals surface area contributed by atoms with E-state index in [1.165, 1.54) is 11.8 Å². The van der Waals surface area contributed by atoms with Crippen LogP contribution < -0.4 is 16.0 Å². The van der Waals surface area contributed by atoms with Crippen molar-refractivity contribution in [3.05, 3.63) is 167 Å². The first-order valence-corrected chi connectivity index (χ1v) is 15.0. The van der Waals surface area contributed by atoms with E-state index < -0.39 is 17.1 Å². The Hall–Kier alpha value is -5.40. The number of hydrogen-bond acceptors (Lipinski definition) is 4. The van der Waals surface area contributed by atoms with E-state index in [1.807, 2.05) is 116 Å². The fourth-order valence-corrected chi connectivity index (χ4v) is 5.55. The fraction of sp³-hybridized carbons (Fsp3) is 0.0541. The van der Waals surface area contributed by atoms with Gasteiger partial charge in [-0.3, -0.25) is 14.4 Å². The van der Waals surface area contributed by atoms with Crippen molar-refractivity contribution in [2.75, 3.05) is 10.6 Å². The molecule has 218 valence electrons. The highest BCUT2D eigenvalue weighted by molar-refractivity contribution is 8.00. The van der Waals surface area contributed by atoms with Gasteiger partial charge in [0.2, 0.25) is 5.91 Å². The molecule has 5 aromatic carbocycles. The van der Waals surface area contributed by atoms with E-state index in [1.54, 1.807) is 36.4 Å². The van der Waals surface area contributed by atoms with Gasteiger partial charge in [0, 0.05) is 21.8 Å². The van der Waals surface area contributed by atoms with E-state index in [0.717, 1.165) is 27.3 Å². The van der Waals surface area contributed by atoms with Gasteiger partial charge in [0.05, 0.1) is 0 Å². The minimum Gasteiger partial charge on any atom is -0.325 e. The molecule has 0 aliphatic heterocycles. The minimum absolute atomic E-state index is 0.0998. The van der Waals surface area contributed by atoms with Crippen molar-refractivity contribution in [3.63, 3.8) is 0 Å².